The largest absolute Gasteiger partial charge is 0.0651 e. The highest BCUT2D eigenvalue weighted by Gasteiger charge is 1.91. The number of hydrogen-bond acceptors (Lipinski definition) is 1. The highest BCUT2D eigenvalue weighted by atomic mass is 15.1. The predicted octanol–water partition coefficient (Wildman–Crippen LogP) is 3.58. The predicted molar refractivity (Wildman–Crippen MR) is 49.2 cm³/mol. The van der Waals surface area contributed by atoms with Crippen LogP contribution < -0.4 is 0 Å². The minimum Gasteiger partial charge on any atom is -0.0651 e. The van der Waals surface area contributed by atoms with E-state index in [-0.39, 0.29) is 0 Å². The fourth-order valence-electron chi connectivity index (χ4n) is 1.11. The van der Waals surface area contributed by atoms with Crippen molar-refractivity contribution >= 4 is 5.69 Å². The van der Waals surface area contributed by atoms with Crippen LogP contribution >= 0.6 is 0 Å². The van der Waals surface area contributed by atoms with Gasteiger partial charge in [-0.3, -0.25) is 0 Å². The maximum Gasteiger partial charge on any atom is 0.0378 e. The molecule has 0 aliphatic heterocycles. The van der Waals surface area contributed by atoms with E-state index in [1.165, 1.54) is 5.56 Å². The highest BCUT2D eigenvalue weighted by molar-refractivity contribution is 5.39. The van der Waals surface area contributed by atoms with Gasteiger partial charge in [-0.15, -0.1) is 0 Å². The molecule has 1 aromatic carbocycles. The van der Waals surface area contributed by atoms with E-state index < -0.39 is 0 Å². The Hall–Kier alpha value is -1.47. The van der Waals surface area contributed by atoms with E-state index in [2.05, 4.69) is 16.9 Å². The SMILES string of the molecule is CCCc1cccc(N=[N+]=[N-])c1. The molecule has 0 aromatic heterocycles. The summed E-state index contributed by atoms with van der Waals surface area (Å²) in [5, 5.41) is 3.53. The second-order valence-electron chi connectivity index (χ2n) is 2.61. The molecule has 0 saturated carbocycles. The Morgan fingerprint density at radius 3 is 3.00 bits per heavy atom. The molecule has 0 bridgehead atoms. The zero-order chi connectivity index (χ0) is 8.81. The first kappa shape index (κ1) is 8.62. The smallest absolute Gasteiger partial charge is 0.0378 e. The fraction of sp³-hybridized carbons (Fsp3) is 0.333. The van der Waals surface area contributed by atoms with Crippen LogP contribution in [0.25, 0.3) is 10.4 Å². The lowest BCUT2D eigenvalue weighted by molar-refractivity contribution is 0.922. The third-order valence-electron chi connectivity index (χ3n) is 1.61. The van der Waals surface area contributed by atoms with Crippen LogP contribution in [0, 0.1) is 0 Å². The minimum absolute atomic E-state index is 0.698. The van der Waals surface area contributed by atoms with Crippen LogP contribution in [0.3, 0.4) is 0 Å². The molecule has 12 heavy (non-hydrogen) atoms. The molecule has 0 unspecified atom stereocenters. The first-order chi connectivity index (χ1) is 5.86. The Labute approximate surface area is 71.7 Å². The van der Waals surface area contributed by atoms with Crippen molar-refractivity contribution in [2.45, 2.75) is 19.8 Å². The van der Waals surface area contributed by atoms with Crippen LogP contribution in [0.4, 0.5) is 5.69 Å². The van der Waals surface area contributed by atoms with Gasteiger partial charge in [0.05, 0.1) is 0 Å². The molecule has 0 radical (unpaired) electrons. The third kappa shape index (κ3) is 2.29. The Kier molecular flexibility index (Phi) is 3.17. The Bertz CT molecular complexity index is 300. The van der Waals surface area contributed by atoms with E-state index in [0.717, 1.165) is 12.8 Å². The van der Waals surface area contributed by atoms with Crippen LogP contribution in [0.2, 0.25) is 0 Å². The van der Waals surface area contributed by atoms with Gasteiger partial charge in [-0.05, 0) is 23.6 Å². The highest BCUT2D eigenvalue weighted by Crippen LogP contribution is 2.14. The molecular formula is C9H11N3. The Balaban J connectivity index is 2.87. The molecule has 0 saturated heterocycles. The molecule has 62 valence electrons. The Morgan fingerprint density at radius 2 is 2.33 bits per heavy atom. The molecular weight excluding hydrogens is 150 g/mol. The van der Waals surface area contributed by atoms with Gasteiger partial charge in [-0.2, -0.15) is 0 Å². The standard InChI is InChI=1S/C9H11N3/c1-2-4-8-5-3-6-9(7-8)11-12-10/h3,5-7H,2,4H2,1H3. The molecule has 1 rings (SSSR count). The van der Waals surface area contributed by atoms with E-state index in [0.29, 0.717) is 5.69 Å². The summed E-state index contributed by atoms with van der Waals surface area (Å²) in [4.78, 5) is 2.73. The summed E-state index contributed by atoms with van der Waals surface area (Å²) >= 11 is 0. The van der Waals surface area contributed by atoms with Gasteiger partial charge in [0.15, 0.2) is 0 Å². The topological polar surface area (TPSA) is 48.8 Å². The molecule has 0 aliphatic carbocycles. The monoisotopic (exact) mass is 161 g/mol. The van der Waals surface area contributed by atoms with Crippen molar-refractivity contribution in [1.29, 1.82) is 0 Å². The van der Waals surface area contributed by atoms with E-state index in [4.69, 9.17) is 5.53 Å². The number of azide groups is 1. The minimum atomic E-state index is 0.698. The number of aryl methyl sites for hydroxylation is 1. The fourth-order valence-corrected chi connectivity index (χ4v) is 1.11. The van der Waals surface area contributed by atoms with Crippen molar-refractivity contribution in [3.8, 4) is 0 Å². The molecule has 0 heterocycles. The van der Waals surface area contributed by atoms with Gasteiger partial charge in [0.2, 0.25) is 0 Å². The summed E-state index contributed by atoms with van der Waals surface area (Å²) in [5.41, 5.74) is 10.1. The average Bonchev–Trinajstić information content (AvgIpc) is 2.06. The lowest BCUT2D eigenvalue weighted by Gasteiger charge is -1.97. The summed E-state index contributed by atoms with van der Waals surface area (Å²) in [6.45, 7) is 2.13. The first-order valence-electron chi connectivity index (χ1n) is 4.01. The van der Waals surface area contributed by atoms with E-state index in [9.17, 15) is 0 Å². The van der Waals surface area contributed by atoms with E-state index in [1.54, 1.807) is 6.07 Å². The van der Waals surface area contributed by atoms with Crippen molar-refractivity contribution in [1.82, 2.24) is 0 Å². The summed E-state index contributed by atoms with van der Waals surface area (Å²) in [6, 6.07) is 7.68. The van der Waals surface area contributed by atoms with Crippen LogP contribution in [-0.4, -0.2) is 0 Å². The third-order valence-corrected chi connectivity index (χ3v) is 1.61. The van der Waals surface area contributed by atoms with Gasteiger partial charge in [0.25, 0.3) is 0 Å². The zero-order valence-electron chi connectivity index (χ0n) is 7.07. The number of hydrogen-bond donors (Lipinski definition) is 0. The summed E-state index contributed by atoms with van der Waals surface area (Å²) < 4.78 is 0. The number of rotatable bonds is 3. The average molecular weight is 161 g/mol. The van der Waals surface area contributed by atoms with Crippen LogP contribution in [0.5, 0.6) is 0 Å². The number of nitrogens with zero attached hydrogens (tertiary/aromatic N) is 3. The van der Waals surface area contributed by atoms with Crippen molar-refractivity contribution < 1.29 is 0 Å². The van der Waals surface area contributed by atoms with Crippen molar-refractivity contribution in [2.75, 3.05) is 0 Å². The van der Waals surface area contributed by atoms with Gasteiger partial charge in [-0.1, -0.05) is 36.7 Å². The second-order valence-corrected chi connectivity index (χ2v) is 2.61. The van der Waals surface area contributed by atoms with Crippen LogP contribution in [0.1, 0.15) is 18.9 Å². The van der Waals surface area contributed by atoms with E-state index in [1.807, 2.05) is 18.2 Å². The van der Waals surface area contributed by atoms with Crippen molar-refractivity contribution in [2.24, 2.45) is 5.11 Å². The maximum absolute atomic E-state index is 8.20. The summed E-state index contributed by atoms with van der Waals surface area (Å²) in [5.74, 6) is 0. The van der Waals surface area contributed by atoms with Gasteiger partial charge >= 0.3 is 0 Å². The lowest BCUT2D eigenvalue weighted by atomic mass is 10.1. The molecule has 0 atom stereocenters. The van der Waals surface area contributed by atoms with Crippen LogP contribution in [-0.2, 0) is 6.42 Å². The summed E-state index contributed by atoms with van der Waals surface area (Å²) in [7, 11) is 0. The quantitative estimate of drug-likeness (QED) is 0.369. The molecule has 3 heteroatoms. The molecule has 0 aliphatic rings. The van der Waals surface area contributed by atoms with Crippen molar-refractivity contribution in [3.05, 3.63) is 40.3 Å². The van der Waals surface area contributed by atoms with Gasteiger partial charge in [0.1, 0.15) is 0 Å². The van der Waals surface area contributed by atoms with Gasteiger partial charge in [0, 0.05) is 10.6 Å². The molecule has 0 N–H and O–H groups in total. The molecule has 3 nitrogen and oxygen atoms in total. The van der Waals surface area contributed by atoms with Gasteiger partial charge in [-0.25, -0.2) is 0 Å². The second kappa shape index (κ2) is 4.42. The first-order valence-corrected chi connectivity index (χ1v) is 4.01. The normalized spacial score (nSPS) is 9.08. The van der Waals surface area contributed by atoms with Crippen LogP contribution in [0.15, 0.2) is 29.4 Å². The maximum atomic E-state index is 8.20. The molecule has 0 fully saturated rings. The molecule has 1 aromatic rings. The van der Waals surface area contributed by atoms with Crippen molar-refractivity contribution in [3.63, 3.8) is 0 Å². The molecule has 0 spiro atoms. The van der Waals surface area contributed by atoms with Gasteiger partial charge < -0.3 is 0 Å². The van der Waals surface area contributed by atoms with E-state index >= 15 is 0 Å². The Morgan fingerprint density at radius 1 is 1.50 bits per heavy atom. The number of benzene rings is 1. The zero-order valence-corrected chi connectivity index (χ0v) is 7.07. The molecule has 0 amide bonds. The summed E-state index contributed by atoms with van der Waals surface area (Å²) in [6.07, 6.45) is 2.15. The lowest BCUT2D eigenvalue weighted by Crippen LogP contribution is -1.80.